The molecule has 4 heteroatoms. The molecule has 2 amide bonds. The summed E-state index contributed by atoms with van der Waals surface area (Å²) in [6, 6.07) is 9.39. The summed E-state index contributed by atoms with van der Waals surface area (Å²) in [6.07, 6.45) is 2.79. The molecular formula is C16H17NO3. The molecule has 1 aromatic rings. The highest BCUT2D eigenvalue weighted by molar-refractivity contribution is 6.07. The smallest absolute Gasteiger partial charge is 0.233 e. The van der Waals surface area contributed by atoms with Crippen LogP contribution < -0.4 is 0 Å². The molecule has 0 N–H and O–H groups in total. The number of hydrogen-bond acceptors (Lipinski definition) is 3. The van der Waals surface area contributed by atoms with Gasteiger partial charge in [-0.1, -0.05) is 36.8 Å². The number of Topliss-reactive ketones (excluding diaryl/α,β-unsaturated/α-hetero) is 1. The monoisotopic (exact) mass is 271 g/mol. The first-order valence-corrected chi connectivity index (χ1v) is 7.07. The first-order chi connectivity index (χ1) is 9.66. The van der Waals surface area contributed by atoms with Gasteiger partial charge in [0.05, 0.1) is 18.4 Å². The van der Waals surface area contributed by atoms with E-state index in [0.29, 0.717) is 0 Å². The Balaban J connectivity index is 1.65. The lowest BCUT2D eigenvalue weighted by molar-refractivity contribution is -0.143. The van der Waals surface area contributed by atoms with Crippen LogP contribution in [-0.2, 0) is 20.8 Å². The SMILES string of the molecule is O=C(Cc1ccccc1)CN1C(=O)C2CCCC2C1=O. The van der Waals surface area contributed by atoms with Crippen molar-refractivity contribution in [2.24, 2.45) is 11.8 Å². The number of benzene rings is 1. The number of carbonyl (C=O) groups is 3. The summed E-state index contributed by atoms with van der Waals surface area (Å²) in [4.78, 5) is 37.5. The van der Waals surface area contributed by atoms with Crippen molar-refractivity contribution in [2.75, 3.05) is 6.54 Å². The van der Waals surface area contributed by atoms with Crippen LogP contribution in [0.5, 0.6) is 0 Å². The van der Waals surface area contributed by atoms with Crippen LogP contribution in [0.15, 0.2) is 30.3 Å². The maximum Gasteiger partial charge on any atom is 0.233 e. The second-order valence-corrected chi connectivity index (χ2v) is 5.61. The largest absolute Gasteiger partial charge is 0.297 e. The first-order valence-electron chi connectivity index (χ1n) is 7.07. The van der Waals surface area contributed by atoms with Crippen LogP contribution in [-0.4, -0.2) is 29.0 Å². The number of imide groups is 1. The summed E-state index contributed by atoms with van der Waals surface area (Å²) in [7, 11) is 0. The summed E-state index contributed by atoms with van der Waals surface area (Å²) in [6.45, 7) is -0.0699. The van der Waals surface area contributed by atoms with Gasteiger partial charge in [0.1, 0.15) is 0 Å². The number of hydrogen-bond donors (Lipinski definition) is 0. The van der Waals surface area contributed by atoms with Crippen LogP contribution in [0.3, 0.4) is 0 Å². The predicted octanol–water partition coefficient (Wildman–Crippen LogP) is 1.58. The maximum absolute atomic E-state index is 12.1. The predicted molar refractivity (Wildman–Crippen MR) is 72.7 cm³/mol. The third-order valence-electron chi connectivity index (χ3n) is 4.26. The van der Waals surface area contributed by atoms with E-state index in [1.165, 1.54) is 4.90 Å². The van der Waals surface area contributed by atoms with Gasteiger partial charge in [-0.3, -0.25) is 19.3 Å². The van der Waals surface area contributed by atoms with E-state index < -0.39 is 0 Å². The zero-order valence-corrected chi connectivity index (χ0v) is 11.2. The van der Waals surface area contributed by atoms with Gasteiger partial charge in [-0.15, -0.1) is 0 Å². The minimum atomic E-state index is -0.160. The van der Waals surface area contributed by atoms with Crippen LogP contribution in [0.25, 0.3) is 0 Å². The highest BCUT2D eigenvalue weighted by Crippen LogP contribution is 2.39. The third kappa shape index (κ3) is 2.26. The molecule has 1 aliphatic carbocycles. The molecule has 4 nitrogen and oxygen atoms in total. The summed E-state index contributed by atoms with van der Waals surface area (Å²) >= 11 is 0. The van der Waals surface area contributed by atoms with Gasteiger partial charge in [0.15, 0.2) is 5.78 Å². The summed E-state index contributed by atoms with van der Waals surface area (Å²) < 4.78 is 0. The van der Waals surface area contributed by atoms with E-state index in [9.17, 15) is 14.4 Å². The quantitative estimate of drug-likeness (QED) is 0.781. The molecule has 0 radical (unpaired) electrons. The first kappa shape index (κ1) is 13.0. The Hall–Kier alpha value is -1.97. The fourth-order valence-corrected chi connectivity index (χ4v) is 3.27. The number of ketones is 1. The maximum atomic E-state index is 12.1. The minimum absolute atomic E-state index is 0.0699. The molecule has 1 aromatic carbocycles. The second kappa shape index (κ2) is 5.19. The molecular weight excluding hydrogens is 254 g/mol. The van der Waals surface area contributed by atoms with Crippen molar-refractivity contribution in [3.05, 3.63) is 35.9 Å². The average Bonchev–Trinajstić information content (AvgIpc) is 3.00. The molecule has 104 valence electrons. The van der Waals surface area contributed by atoms with Gasteiger partial charge in [0.2, 0.25) is 11.8 Å². The number of nitrogens with zero attached hydrogens (tertiary/aromatic N) is 1. The average molecular weight is 271 g/mol. The standard InChI is InChI=1S/C16H17NO3/c18-12(9-11-5-2-1-3-6-11)10-17-15(19)13-7-4-8-14(13)16(17)20/h1-3,5-6,13-14H,4,7-10H2. The molecule has 20 heavy (non-hydrogen) atoms. The Morgan fingerprint density at radius 2 is 1.65 bits per heavy atom. The van der Waals surface area contributed by atoms with Crippen LogP contribution in [0.1, 0.15) is 24.8 Å². The van der Waals surface area contributed by atoms with Gasteiger partial charge in [0.25, 0.3) is 0 Å². The van der Waals surface area contributed by atoms with Gasteiger partial charge in [-0.2, -0.15) is 0 Å². The molecule has 1 saturated heterocycles. The zero-order chi connectivity index (χ0) is 14.1. The third-order valence-corrected chi connectivity index (χ3v) is 4.26. The lowest BCUT2D eigenvalue weighted by Crippen LogP contribution is -2.37. The van der Waals surface area contributed by atoms with E-state index in [2.05, 4.69) is 0 Å². The minimum Gasteiger partial charge on any atom is -0.297 e. The van der Waals surface area contributed by atoms with Gasteiger partial charge in [-0.05, 0) is 18.4 Å². The van der Waals surface area contributed by atoms with Gasteiger partial charge in [-0.25, -0.2) is 0 Å². The van der Waals surface area contributed by atoms with Crippen molar-refractivity contribution >= 4 is 17.6 Å². The molecule has 0 spiro atoms. The van der Waals surface area contributed by atoms with Gasteiger partial charge >= 0.3 is 0 Å². The molecule has 3 rings (SSSR count). The Bertz CT molecular complexity index is 530. The van der Waals surface area contributed by atoms with Crippen molar-refractivity contribution in [3.8, 4) is 0 Å². The molecule has 2 unspecified atom stereocenters. The number of amides is 2. The summed E-state index contributed by atoms with van der Waals surface area (Å²) in [5.74, 6) is -0.685. The fourth-order valence-electron chi connectivity index (χ4n) is 3.27. The highest BCUT2D eigenvalue weighted by Gasteiger charge is 2.49. The van der Waals surface area contributed by atoms with Crippen LogP contribution in [0.4, 0.5) is 0 Å². The van der Waals surface area contributed by atoms with Crippen molar-refractivity contribution in [1.29, 1.82) is 0 Å². The zero-order valence-electron chi connectivity index (χ0n) is 11.2. The van der Waals surface area contributed by atoms with Crippen molar-refractivity contribution in [2.45, 2.75) is 25.7 Å². The van der Waals surface area contributed by atoms with Crippen LogP contribution in [0, 0.1) is 11.8 Å². The molecule has 2 atom stereocenters. The molecule has 1 aliphatic heterocycles. The lowest BCUT2D eigenvalue weighted by Gasteiger charge is -2.14. The number of carbonyl (C=O) groups excluding carboxylic acids is 3. The Kier molecular flexibility index (Phi) is 3.38. The molecule has 0 aromatic heterocycles. The normalized spacial score (nSPS) is 25.1. The Morgan fingerprint density at radius 1 is 1.05 bits per heavy atom. The molecule has 0 bridgehead atoms. The van der Waals surface area contributed by atoms with Crippen molar-refractivity contribution < 1.29 is 14.4 Å². The molecule has 2 fully saturated rings. The highest BCUT2D eigenvalue weighted by atomic mass is 16.2. The number of likely N-dealkylation sites (tertiary alicyclic amines) is 1. The van der Waals surface area contributed by atoms with Crippen molar-refractivity contribution in [3.63, 3.8) is 0 Å². The van der Waals surface area contributed by atoms with Gasteiger partial charge in [0, 0.05) is 6.42 Å². The molecule has 2 aliphatic rings. The second-order valence-electron chi connectivity index (χ2n) is 5.61. The number of fused-ring (bicyclic) bond motifs is 1. The van der Waals surface area contributed by atoms with E-state index in [0.717, 1.165) is 24.8 Å². The van der Waals surface area contributed by atoms with E-state index in [-0.39, 0.29) is 42.4 Å². The summed E-state index contributed by atoms with van der Waals surface area (Å²) in [5, 5.41) is 0. The molecule has 1 saturated carbocycles. The summed E-state index contributed by atoms with van der Waals surface area (Å²) in [5.41, 5.74) is 0.914. The fraction of sp³-hybridized carbons (Fsp3) is 0.438. The van der Waals surface area contributed by atoms with E-state index >= 15 is 0 Å². The van der Waals surface area contributed by atoms with E-state index in [4.69, 9.17) is 0 Å². The topological polar surface area (TPSA) is 54.5 Å². The van der Waals surface area contributed by atoms with Gasteiger partial charge < -0.3 is 0 Å². The lowest BCUT2D eigenvalue weighted by atomic mass is 10.00. The van der Waals surface area contributed by atoms with Crippen LogP contribution in [0.2, 0.25) is 0 Å². The van der Waals surface area contributed by atoms with Crippen LogP contribution >= 0.6 is 0 Å². The Labute approximate surface area is 117 Å². The molecule has 1 heterocycles. The van der Waals surface area contributed by atoms with Crippen molar-refractivity contribution in [1.82, 2.24) is 4.90 Å². The van der Waals surface area contributed by atoms with E-state index in [1.807, 2.05) is 30.3 Å². The van der Waals surface area contributed by atoms with E-state index in [1.54, 1.807) is 0 Å². The Morgan fingerprint density at radius 3 is 2.25 bits per heavy atom. The number of rotatable bonds is 4.